The van der Waals surface area contributed by atoms with Crippen LogP contribution in [0.2, 0.25) is 0 Å². The van der Waals surface area contributed by atoms with Crippen LogP contribution in [0.1, 0.15) is 56.5 Å². The Balaban J connectivity index is 1.54. The molecule has 2 N–H and O–H groups in total. The van der Waals surface area contributed by atoms with Crippen molar-refractivity contribution in [2.45, 2.75) is 63.1 Å². The van der Waals surface area contributed by atoms with Crippen LogP contribution in [0.25, 0.3) is 0 Å². The van der Waals surface area contributed by atoms with Crippen LogP contribution in [-0.2, 0) is 29.7 Å². The Morgan fingerprint density at radius 3 is 2.29 bits per heavy atom. The molecule has 2 unspecified atom stereocenters. The number of ether oxygens (including phenoxy) is 2. The van der Waals surface area contributed by atoms with E-state index in [4.69, 9.17) is 9.47 Å². The molecule has 0 aromatic heterocycles. The summed E-state index contributed by atoms with van der Waals surface area (Å²) in [6, 6.07) is 12.9. The minimum absolute atomic E-state index is 0.000672. The van der Waals surface area contributed by atoms with Crippen LogP contribution in [0.5, 0.6) is 0 Å². The van der Waals surface area contributed by atoms with Gasteiger partial charge in [0.1, 0.15) is 0 Å². The molecule has 0 bridgehead atoms. The van der Waals surface area contributed by atoms with E-state index in [1.807, 2.05) is 12.1 Å². The molecule has 1 aliphatic heterocycles. The predicted molar refractivity (Wildman–Crippen MR) is 129 cm³/mol. The average Bonchev–Trinajstić information content (AvgIpc) is 3.31. The van der Waals surface area contributed by atoms with Gasteiger partial charge in [0.15, 0.2) is 6.10 Å². The highest BCUT2D eigenvalue weighted by atomic mass is 32.2. The zero-order chi connectivity index (χ0) is 24.9. The topological polar surface area (TPSA) is 111 Å². The molecule has 0 aliphatic carbocycles. The van der Waals surface area contributed by atoms with E-state index >= 15 is 0 Å². The minimum Gasteiger partial charge on any atom is -0.449 e. The monoisotopic (exact) mass is 488 g/mol. The molecule has 0 spiro atoms. The lowest BCUT2D eigenvalue weighted by atomic mass is 9.87. The fourth-order valence-corrected chi connectivity index (χ4v) is 4.51. The van der Waals surface area contributed by atoms with Gasteiger partial charge in [-0.05, 0) is 67.1 Å². The molecule has 184 valence electrons. The van der Waals surface area contributed by atoms with E-state index in [2.05, 4.69) is 30.8 Å². The third-order valence-corrected chi connectivity index (χ3v) is 7.04. The van der Waals surface area contributed by atoms with Crippen molar-refractivity contribution in [3.63, 3.8) is 0 Å². The van der Waals surface area contributed by atoms with Gasteiger partial charge in [-0.2, -0.15) is 0 Å². The van der Waals surface area contributed by atoms with E-state index in [1.54, 1.807) is 12.1 Å². The lowest BCUT2D eigenvalue weighted by Gasteiger charge is -2.19. The molecule has 9 heteroatoms. The van der Waals surface area contributed by atoms with E-state index in [0.717, 1.165) is 18.4 Å². The van der Waals surface area contributed by atoms with Crippen LogP contribution in [-0.4, -0.2) is 45.7 Å². The fourth-order valence-electron chi connectivity index (χ4n) is 3.44. The maximum atomic E-state index is 12.5. The summed E-state index contributed by atoms with van der Waals surface area (Å²) in [7, 11) is -3.72. The smallest absolute Gasteiger partial charge is 0.338 e. The summed E-state index contributed by atoms with van der Waals surface area (Å²) >= 11 is 0. The van der Waals surface area contributed by atoms with Crippen molar-refractivity contribution >= 4 is 27.6 Å². The molecule has 1 fully saturated rings. The normalized spacial score (nSPS) is 17.2. The summed E-state index contributed by atoms with van der Waals surface area (Å²) < 4.78 is 38.1. The summed E-state index contributed by atoms with van der Waals surface area (Å²) in [5.41, 5.74) is 1.89. The first-order chi connectivity index (χ1) is 16.0. The standard InChI is InChI=1S/C25H32N2O6S/c1-17(23(28)27-20-11-9-19(10-12-20)25(2,3)4)33-24(29)18-7-13-22(14-8-18)34(30,31)26-16-21-6-5-15-32-21/h7-14,17,21,26H,5-6,15-16H2,1-4H3,(H,27,28). The van der Waals surface area contributed by atoms with E-state index in [9.17, 15) is 18.0 Å². The molecule has 1 amide bonds. The molecular formula is C25H32N2O6S. The fraction of sp³-hybridized carbons (Fsp3) is 0.440. The van der Waals surface area contributed by atoms with Gasteiger partial charge in [0.2, 0.25) is 10.0 Å². The molecule has 1 saturated heterocycles. The SMILES string of the molecule is CC(OC(=O)c1ccc(S(=O)(=O)NCC2CCCO2)cc1)C(=O)Nc1ccc(C(C)(C)C)cc1. The molecular weight excluding hydrogens is 456 g/mol. The maximum Gasteiger partial charge on any atom is 0.338 e. The number of hydrogen-bond acceptors (Lipinski definition) is 6. The number of sulfonamides is 1. The summed E-state index contributed by atoms with van der Waals surface area (Å²) in [4.78, 5) is 24.9. The molecule has 2 aromatic carbocycles. The minimum atomic E-state index is -3.72. The highest BCUT2D eigenvalue weighted by molar-refractivity contribution is 7.89. The third-order valence-electron chi connectivity index (χ3n) is 5.60. The number of carbonyl (C=O) groups is 2. The maximum absolute atomic E-state index is 12.5. The second kappa shape index (κ2) is 10.7. The van der Waals surface area contributed by atoms with Gasteiger partial charge in [0.05, 0.1) is 16.6 Å². The van der Waals surface area contributed by atoms with Crippen molar-refractivity contribution in [3.8, 4) is 0 Å². The zero-order valence-corrected chi connectivity index (χ0v) is 20.8. The highest BCUT2D eigenvalue weighted by Crippen LogP contribution is 2.23. The van der Waals surface area contributed by atoms with Gasteiger partial charge in [-0.15, -0.1) is 0 Å². The van der Waals surface area contributed by atoms with Crippen LogP contribution >= 0.6 is 0 Å². The Bertz CT molecular complexity index is 1100. The number of esters is 1. The van der Waals surface area contributed by atoms with Crippen LogP contribution in [0.15, 0.2) is 53.4 Å². The highest BCUT2D eigenvalue weighted by Gasteiger charge is 2.22. The number of hydrogen-bond donors (Lipinski definition) is 2. The Morgan fingerprint density at radius 1 is 1.09 bits per heavy atom. The number of benzene rings is 2. The second-order valence-corrected chi connectivity index (χ2v) is 11.1. The number of anilines is 1. The van der Waals surface area contributed by atoms with E-state index in [-0.39, 0.29) is 28.5 Å². The Hall–Kier alpha value is -2.75. The third kappa shape index (κ3) is 6.88. The van der Waals surface area contributed by atoms with Crippen LogP contribution in [0, 0.1) is 0 Å². The summed E-state index contributed by atoms with van der Waals surface area (Å²) in [6.07, 6.45) is 0.587. The molecule has 2 aromatic rings. The summed E-state index contributed by atoms with van der Waals surface area (Å²) in [6.45, 7) is 8.63. The number of carbonyl (C=O) groups excluding carboxylic acids is 2. The van der Waals surface area contributed by atoms with Gasteiger partial charge in [0, 0.05) is 18.8 Å². The average molecular weight is 489 g/mol. The Kier molecular flexibility index (Phi) is 8.12. The van der Waals surface area contributed by atoms with Gasteiger partial charge in [-0.25, -0.2) is 17.9 Å². The van der Waals surface area contributed by atoms with E-state index in [0.29, 0.717) is 12.3 Å². The van der Waals surface area contributed by atoms with Crippen molar-refractivity contribution in [3.05, 3.63) is 59.7 Å². The lowest BCUT2D eigenvalue weighted by Crippen LogP contribution is -2.32. The van der Waals surface area contributed by atoms with Gasteiger partial charge in [-0.1, -0.05) is 32.9 Å². The van der Waals surface area contributed by atoms with Crippen LogP contribution < -0.4 is 10.0 Å². The van der Waals surface area contributed by atoms with Gasteiger partial charge in [0.25, 0.3) is 5.91 Å². The molecule has 3 rings (SSSR count). The molecule has 0 radical (unpaired) electrons. The van der Waals surface area contributed by atoms with Gasteiger partial charge < -0.3 is 14.8 Å². The molecule has 0 saturated carbocycles. The number of nitrogens with one attached hydrogen (secondary N) is 2. The zero-order valence-electron chi connectivity index (χ0n) is 20.0. The first-order valence-electron chi connectivity index (χ1n) is 11.3. The second-order valence-electron chi connectivity index (χ2n) is 9.38. The summed E-state index contributed by atoms with van der Waals surface area (Å²) in [5, 5.41) is 2.73. The van der Waals surface area contributed by atoms with Crippen molar-refractivity contribution < 1.29 is 27.5 Å². The lowest BCUT2D eigenvalue weighted by molar-refractivity contribution is -0.123. The van der Waals surface area contributed by atoms with Crippen molar-refractivity contribution in [1.29, 1.82) is 0 Å². The van der Waals surface area contributed by atoms with Crippen molar-refractivity contribution in [2.24, 2.45) is 0 Å². The Morgan fingerprint density at radius 2 is 1.74 bits per heavy atom. The quantitative estimate of drug-likeness (QED) is 0.549. The van der Waals surface area contributed by atoms with Crippen molar-refractivity contribution in [1.82, 2.24) is 4.72 Å². The summed E-state index contributed by atoms with van der Waals surface area (Å²) in [5.74, 6) is -1.18. The van der Waals surface area contributed by atoms with E-state index in [1.165, 1.54) is 31.2 Å². The largest absolute Gasteiger partial charge is 0.449 e. The first-order valence-corrected chi connectivity index (χ1v) is 12.8. The van der Waals surface area contributed by atoms with E-state index < -0.39 is 28.0 Å². The van der Waals surface area contributed by atoms with Crippen molar-refractivity contribution in [2.75, 3.05) is 18.5 Å². The predicted octanol–water partition coefficient (Wildman–Crippen LogP) is 3.63. The molecule has 1 heterocycles. The first kappa shape index (κ1) is 25.9. The number of rotatable bonds is 8. The number of amides is 1. The molecule has 34 heavy (non-hydrogen) atoms. The van der Waals surface area contributed by atoms with Gasteiger partial charge >= 0.3 is 5.97 Å². The molecule has 2 atom stereocenters. The molecule has 8 nitrogen and oxygen atoms in total. The van der Waals surface area contributed by atoms with Crippen LogP contribution in [0.4, 0.5) is 5.69 Å². The molecule has 1 aliphatic rings. The Labute approximate surface area is 201 Å². The van der Waals surface area contributed by atoms with Gasteiger partial charge in [-0.3, -0.25) is 4.79 Å². The van der Waals surface area contributed by atoms with Crippen LogP contribution in [0.3, 0.4) is 0 Å².